The van der Waals surface area contributed by atoms with E-state index in [1.807, 2.05) is 36.4 Å². The molecule has 1 N–H and O–H groups in total. The van der Waals surface area contributed by atoms with Crippen LogP contribution in [0.25, 0.3) is 21.5 Å². The number of methoxy groups -OCH3 is 1. The van der Waals surface area contributed by atoms with E-state index < -0.39 is 5.54 Å². The Hall–Kier alpha value is -1.86. The molecule has 0 radical (unpaired) electrons. The summed E-state index contributed by atoms with van der Waals surface area (Å²) < 4.78 is 4.98. The lowest BCUT2D eigenvalue weighted by atomic mass is 9.97. The van der Waals surface area contributed by atoms with Crippen LogP contribution in [0.5, 0.6) is 0 Å². The maximum absolute atomic E-state index is 12.1. The molecule has 0 spiro atoms. The average molecular weight is 600 g/mol. The molecule has 5 rings (SSSR count). The lowest BCUT2D eigenvalue weighted by Gasteiger charge is -2.27. The van der Waals surface area contributed by atoms with Crippen LogP contribution in [0.4, 0.5) is 0 Å². The van der Waals surface area contributed by atoms with E-state index in [0.717, 1.165) is 58.4 Å². The van der Waals surface area contributed by atoms with Crippen molar-refractivity contribution in [2.75, 3.05) is 7.11 Å². The molecule has 0 unspecified atom stereocenters. The van der Waals surface area contributed by atoms with Crippen molar-refractivity contribution in [1.29, 1.82) is 0 Å². The Morgan fingerprint density at radius 2 is 1.38 bits per heavy atom. The predicted molar refractivity (Wildman–Crippen MR) is 153 cm³/mol. The minimum Gasteiger partial charge on any atom is -0.468 e. The molecule has 1 saturated carbocycles. The molecule has 194 valence electrons. The lowest BCUT2D eigenvalue weighted by molar-refractivity contribution is -0.148. The molecule has 1 fully saturated rings. The van der Waals surface area contributed by atoms with Gasteiger partial charge in [0.15, 0.2) is 0 Å². The minimum absolute atomic E-state index is 0.182. The fourth-order valence-corrected chi connectivity index (χ4v) is 5.54. The molecule has 2 aromatic carbocycles. The Balaban J connectivity index is 0.000000195. The molecule has 0 aliphatic heterocycles. The molecular weight excluding hydrogens is 576 g/mol. The van der Waals surface area contributed by atoms with Gasteiger partial charge in [0, 0.05) is 46.4 Å². The third-order valence-electron chi connectivity index (χ3n) is 6.53. The van der Waals surface area contributed by atoms with Gasteiger partial charge in [0.25, 0.3) is 0 Å². The van der Waals surface area contributed by atoms with Crippen molar-refractivity contribution in [2.24, 2.45) is 0 Å². The van der Waals surface area contributed by atoms with Gasteiger partial charge in [-0.1, -0.05) is 83.5 Å². The summed E-state index contributed by atoms with van der Waals surface area (Å²) in [6.45, 7) is 0.563. The molecule has 2 heterocycles. The number of hydrogen-bond acceptors (Lipinski definition) is 5. The lowest BCUT2D eigenvalue weighted by Crippen LogP contribution is -2.50. The number of nitrogens with one attached hydrogen (secondary N) is 1. The Bertz CT molecular complexity index is 1440. The van der Waals surface area contributed by atoms with Crippen molar-refractivity contribution in [2.45, 2.75) is 43.6 Å². The number of carbonyl (C=O) groups is 1. The summed E-state index contributed by atoms with van der Waals surface area (Å²) in [4.78, 5) is 20.2. The summed E-state index contributed by atoms with van der Waals surface area (Å²) in [7, 11) is 1.44. The SMILES string of the molecule is COC(=O)C1(NCc2ccc3c(Cl)cnc(Cl)c3c2)CCCC1.ClCc1ccc2c(Cl)cnc(Cl)c2c1. The second-order valence-corrected chi connectivity index (χ2v) is 10.6. The van der Waals surface area contributed by atoms with Gasteiger partial charge in [-0.05, 0) is 36.1 Å². The number of aromatic nitrogens is 2. The Kier molecular flexibility index (Phi) is 9.38. The molecule has 0 atom stereocenters. The highest BCUT2D eigenvalue weighted by Gasteiger charge is 2.41. The number of pyridine rings is 2. The first kappa shape index (κ1) is 28.2. The number of nitrogens with zero attached hydrogens (tertiary/aromatic N) is 2. The number of fused-ring (bicyclic) bond motifs is 2. The van der Waals surface area contributed by atoms with E-state index in [1.165, 1.54) is 7.11 Å². The number of halogens is 5. The van der Waals surface area contributed by atoms with Crippen LogP contribution in [0.15, 0.2) is 48.8 Å². The second kappa shape index (κ2) is 12.3. The molecule has 2 aromatic heterocycles. The van der Waals surface area contributed by atoms with E-state index >= 15 is 0 Å². The number of rotatable bonds is 5. The number of hydrogen-bond donors (Lipinski definition) is 1. The first-order valence-corrected chi connectivity index (χ1v) is 13.7. The van der Waals surface area contributed by atoms with Crippen LogP contribution < -0.4 is 5.32 Å². The van der Waals surface area contributed by atoms with Gasteiger partial charge in [-0.15, -0.1) is 11.6 Å². The molecule has 1 aliphatic carbocycles. The molecule has 0 saturated heterocycles. The Labute approximate surface area is 240 Å². The highest BCUT2D eigenvalue weighted by atomic mass is 35.5. The summed E-state index contributed by atoms with van der Waals surface area (Å²) >= 11 is 29.9. The van der Waals surface area contributed by atoms with Gasteiger partial charge in [-0.3, -0.25) is 10.1 Å². The second-order valence-electron chi connectivity index (χ2n) is 8.82. The van der Waals surface area contributed by atoms with E-state index in [4.69, 9.17) is 62.7 Å². The summed E-state index contributed by atoms with van der Waals surface area (Å²) in [5.74, 6) is 0.275. The number of alkyl halides is 1. The first-order valence-electron chi connectivity index (χ1n) is 11.6. The molecule has 0 amide bonds. The standard InChI is InChI=1S/C17H18Cl2N2O2.C10H6Cl3N/c1-23-16(22)17(6-2-3-7-17)21-9-11-4-5-12-13(8-11)15(19)20-10-14(12)18;11-4-6-1-2-7-8(3-6)10(13)14-5-9(7)12/h4-5,8,10,21H,2-3,6-7,9H2,1H3;1-3,5H,4H2. The van der Waals surface area contributed by atoms with Crippen LogP contribution in [0.3, 0.4) is 0 Å². The van der Waals surface area contributed by atoms with Gasteiger partial charge < -0.3 is 4.74 Å². The maximum Gasteiger partial charge on any atom is 0.326 e. The largest absolute Gasteiger partial charge is 0.468 e. The highest BCUT2D eigenvalue weighted by molar-refractivity contribution is 6.40. The number of esters is 1. The minimum atomic E-state index is -0.569. The molecule has 4 aromatic rings. The van der Waals surface area contributed by atoms with E-state index in [9.17, 15) is 4.79 Å². The highest BCUT2D eigenvalue weighted by Crippen LogP contribution is 2.33. The van der Waals surface area contributed by atoms with E-state index in [1.54, 1.807) is 12.4 Å². The monoisotopic (exact) mass is 597 g/mol. The van der Waals surface area contributed by atoms with Gasteiger partial charge in [-0.25, -0.2) is 9.97 Å². The maximum atomic E-state index is 12.1. The first-order chi connectivity index (χ1) is 17.8. The van der Waals surface area contributed by atoms with Crippen LogP contribution in [0.1, 0.15) is 36.8 Å². The van der Waals surface area contributed by atoms with Crippen molar-refractivity contribution in [3.63, 3.8) is 0 Å². The van der Waals surface area contributed by atoms with Gasteiger partial charge in [0.1, 0.15) is 15.8 Å². The van der Waals surface area contributed by atoms with Crippen LogP contribution in [0.2, 0.25) is 20.4 Å². The molecule has 0 bridgehead atoms. The predicted octanol–water partition coefficient (Wildman–Crippen LogP) is 8.40. The number of carbonyl (C=O) groups excluding carboxylic acids is 1. The van der Waals surface area contributed by atoms with Crippen molar-refractivity contribution in [3.05, 3.63) is 80.3 Å². The van der Waals surface area contributed by atoms with E-state index in [0.29, 0.717) is 32.8 Å². The van der Waals surface area contributed by atoms with Crippen LogP contribution >= 0.6 is 58.0 Å². The van der Waals surface area contributed by atoms with Crippen LogP contribution in [-0.2, 0) is 22.0 Å². The van der Waals surface area contributed by atoms with Crippen molar-refractivity contribution < 1.29 is 9.53 Å². The molecule has 1 aliphatic rings. The smallest absolute Gasteiger partial charge is 0.326 e. The van der Waals surface area contributed by atoms with Crippen LogP contribution in [-0.4, -0.2) is 28.6 Å². The summed E-state index contributed by atoms with van der Waals surface area (Å²) in [6, 6.07) is 11.6. The van der Waals surface area contributed by atoms with Crippen molar-refractivity contribution in [3.8, 4) is 0 Å². The summed E-state index contributed by atoms with van der Waals surface area (Å²) in [6.07, 6.45) is 6.78. The zero-order valence-corrected chi connectivity index (χ0v) is 23.7. The van der Waals surface area contributed by atoms with Crippen molar-refractivity contribution >= 4 is 85.5 Å². The number of ether oxygens (including phenoxy) is 1. The fraction of sp³-hybridized carbons (Fsp3) is 0.296. The van der Waals surface area contributed by atoms with Gasteiger partial charge in [-0.2, -0.15) is 0 Å². The quantitative estimate of drug-likeness (QED) is 0.142. The molecular formula is C27H24Cl5N3O2. The summed E-state index contributed by atoms with van der Waals surface area (Å²) in [5.41, 5.74) is 1.46. The van der Waals surface area contributed by atoms with Crippen LogP contribution in [0, 0.1) is 0 Å². The normalized spacial score (nSPS) is 14.4. The summed E-state index contributed by atoms with van der Waals surface area (Å²) in [5, 5.41) is 8.89. The van der Waals surface area contributed by atoms with Gasteiger partial charge in [0.05, 0.1) is 17.2 Å². The van der Waals surface area contributed by atoms with E-state index in [2.05, 4.69) is 15.3 Å². The Morgan fingerprint density at radius 3 is 1.89 bits per heavy atom. The number of benzene rings is 2. The molecule has 5 nitrogen and oxygen atoms in total. The van der Waals surface area contributed by atoms with Gasteiger partial charge >= 0.3 is 5.97 Å². The van der Waals surface area contributed by atoms with Crippen molar-refractivity contribution in [1.82, 2.24) is 15.3 Å². The third-order valence-corrected chi connectivity index (χ3v) is 8.04. The molecule has 10 heteroatoms. The third kappa shape index (κ3) is 6.25. The van der Waals surface area contributed by atoms with E-state index in [-0.39, 0.29) is 5.97 Å². The average Bonchev–Trinajstić information content (AvgIpc) is 3.42. The topological polar surface area (TPSA) is 64.1 Å². The zero-order chi connectivity index (χ0) is 26.6. The van der Waals surface area contributed by atoms with Gasteiger partial charge in [0.2, 0.25) is 0 Å². The zero-order valence-electron chi connectivity index (χ0n) is 20.0. The molecule has 37 heavy (non-hydrogen) atoms. The Morgan fingerprint density at radius 1 is 0.865 bits per heavy atom. The fourth-order valence-electron chi connectivity index (χ4n) is 4.54.